The van der Waals surface area contributed by atoms with E-state index in [2.05, 4.69) is 59.9 Å². The van der Waals surface area contributed by atoms with Gasteiger partial charge in [-0.15, -0.1) is 11.3 Å². The third kappa shape index (κ3) is 2.47. The first-order valence-electron chi connectivity index (χ1n) is 6.91. The molecule has 3 heteroatoms. The van der Waals surface area contributed by atoms with E-state index in [1.54, 1.807) is 0 Å². The molecule has 3 aromatic rings. The number of aromatic nitrogens is 1. The molecule has 1 aromatic carbocycles. The van der Waals surface area contributed by atoms with Gasteiger partial charge >= 0.3 is 0 Å². The van der Waals surface area contributed by atoms with Gasteiger partial charge in [-0.25, -0.2) is 0 Å². The monoisotopic (exact) mass is 282 g/mol. The normalized spacial score (nSPS) is 12.7. The minimum Gasteiger partial charge on any atom is -0.306 e. The van der Waals surface area contributed by atoms with E-state index in [1.807, 2.05) is 23.6 Å². The SMILES string of the molecule is CCNC(c1ccc2ncccc2c1)c1sccc1C. The van der Waals surface area contributed by atoms with E-state index in [0.29, 0.717) is 0 Å². The van der Waals surface area contributed by atoms with E-state index in [1.165, 1.54) is 21.4 Å². The van der Waals surface area contributed by atoms with Gasteiger partial charge in [-0.1, -0.05) is 19.1 Å². The Bertz CT molecular complexity index is 718. The second-order valence-corrected chi connectivity index (χ2v) is 5.86. The highest BCUT2D eigenvalue weighted by Crippen LogP contribution is 2.30. The number of benzene rings is 1. The maximum absolute atomic E-state index is 4.39. The van der Waals surface area contributed by atoms with Crippen LogP contribution in [0.1, 0.15) is 29.0 Å². The van der Waals surface area contributed by atoms with Crippen molar-refractivity contribution in [1.29, 1.82) is 0 Å². The van der Waals surface area contributed by atoms with Crippen LogP contribution in [-0.4, -0.2) is 11.5 Å². The maximum Gasteiger partial charge on any atom is 0.0702 e. The molecular weight excluding hydrogens is 264 g/mol. The Morgan fingerprint density at radius 1 is 1.25 bits per heavy atom. The first-order chi connectivity index (χ1) is 9.79. The summed E-state index contributed by atoms with van der Waals surface area (Å²) in [6, 6.07) is 13.1. The second kappa shape index (κ2) is 5.73. The Morgan fingerprint density at radius 2 is 2.15 bits per heavy atom. The number of pyridine rings is 1. The van der Waals surface area contributed by atoms with Crippen LogP contribution in [0.4, 0.5) is 0 Å². The predicted octanol–water partition coefficient (Wildman–Crippen LogP) is 4.30. The third-order valence-corrected chi connectivity index (χ3v) is 4.62. The fourth-order valence-electron chi connectivity index (χ4n) is 2.52. The fraction of sp³-hybridized carbons (Fsp3) is 0.235. The average molecular weight is 282 g/mol. The van der Waals surface area contributed by atoms with Gasteiger partial charge in [-0.05, 0) is 54.2 Å². The van der Waals surface area contributed by atoms with Gasteiger partial charge in [0.05, 0.1) is 11.6 Å². The van der Waals surface area contributed by atoms with Crippen molar-refractivity contribution in [2.75, 3.05) is 6.54 Å². The molecule has 1 N–H and O–H groups in total. The molecule has 102 valence electrons. The van der Waals surface area contributed by atoms with Crippen molar-refractivity contribution in [2.24, 2.45) is 0 Å². The van der Waals surface area contributed by atoms with Gasteiger partial charge in [-0.2, -0.15) is 0 Å². The number of nitrogens with one attached hydrogen (secondary N) is 1. The standard InChI is InChI=1S/C17H18N2S/c1-3-18-16(17-12(2)8-10-20-17)14-6-7-15-13(11-14)5-4-9-19-15/h4-11,16,18H,3H2,1-2H3. The lowest BCUT2D eigenvalue weighted by molar-refractivity contribution is 0.638. The molecule has 2 aromatic heterocycles. The summed E-state index contributed by atoms with van der Waals surface area (Å²) >= 11 is 1.82. The van der Waals surface area contributed by atoms with Crippen LogP contribution in [0.5, 0.6) is 0 Å². The smallest absolute Gasteiger partial charge is 0.0702 e. The molecule has 0 amide bonds. The van der Waals surface area contributed by atoms with Gasteiger partial charge in [-0.3, -0.25) is 4.98 Å². The Balaban J connectivity index is 2.07. The summed E-state index contributed by atoms with van der Waals surface area (Å²) in [6.07, 6.45) is 1.84. The summed E-state index contributed by atoms with van der Waals surface area (Å²) in [5.41, 5.74) is 3.71. The number of fused-ring (bicyclic) bond motifs is 1. The minimum absolute atomic E-state index is 0.268. The van der Waals surface area contributed by atoms with Gasteiger partial charge in [0.2, 0.25) is 0 Å². The topological polar surface area (TPSA) is 24.9 Å². The molecule has 0 saturated carbocycles. The molecule has 0 aliphatic rings. The first-order valence-corrected chi connectivity index (χ1v) is 7.79. The fourth-order valence-corrected chi connectivity index (χ4v) is 3.55. The Labute approximate surface area is 123 Å². The number of thiophene rings is 1. The van der Waals surface area contributed by atoms with Gasteiger partial charge in [0.15, 0.2) is 0 Å². The Kier molecular flexibility index (Phi) is 3.81. The molecule has 0 aliphatic carbocycles. The molecular formula is C17H18N2S. The maximum atomic E-state index is 4.39. The highest BCUT2D eigenvalue weighted by molar-refractivity contribution is 7.10. The molecule has 2 heterocycles. The molecule has 1 atom stereocenters. The summed E-state index contributed by atoms with van der Waals surface area (Å²) in [6.45, 7) is 5.28. The molecule has 20 heavy (non-hydrogen) atoms. The van der Waals surface area contributed by atoms with Crippen molar-refractivity contribution in [3.05, 3.63) is 64.0 Å². The van der Waals surface area contributed by atoms with E-state index in [-0.39, 0.29) is 6.04 Å². The van der Waals surface area contributed by atoms with Crippen LogP contribution in [0.3, 0.4) is 0 Å². The van der Waals surface area contributed by atoms with E-state index in [9.17, 15) is 0 Å². The van der Waals surface area contributed by atoms with E-state index >= 15 is 0 Å². The average Bonchev–Trinajstić information content (AvgIpc) is 2.90. The summed E-state index contributed by atoms with van der Waals surface area (Å²) in [5.74, 6) is 0. The summed E-state index contributed by atoms with van der Waals surface area (Å²) < 4.78 is 0. The zero-order chi connectivity index (χ0) is 13.9. The van der Waals surface area contributed by atoms with E-state index in [4.69, 9.17) is 0 Å². The first kappa shape index (κ1) is 13.3. The molecule has 0 aliphatic heterocycles. The van der Waals surface area contributed by atoms with Crippen LogP contribution in [0.25, 0.3) is 10.9 Å². The van der Waals surface area contributed by atoms with Crippen LogP contribution in [-0.2, 0) is 0 Å². The molecule has 0 spiro atoms. The van der Waals surface area contributed by atoms with Crippen LogP contribution >= 0.6 is 11.3 Å². The third-order valence-electron chi connectivity index (χ3n) is 3.53. The number of rotatable bonds is 4. The number of aryl methyl sites for hydroxylation is 1. The molecule has 1 unspecified atom stereocenters. The number of hydrogen-bond donors (Lipinski definition) is 1. The summed E-state index contributed by atoms with van der Waals surface area (Å²) in [4.78, 5) is 5.79. The van der Waals surface area contributed by atoms with E-state index < -0.39 is 0 Å². The lowest BCUT2D eigenvalue weighted by atomic mass is 10.0. The van der Waals surface area contributed by atoms with Crippen LogP contribution in [0, 0.1) is 6.92 Å². The molecule has 3 rings (SSSR count). The molecule has 0 radical (unpaired) electrons. The lowest BCUT2D eigenvalue weighted by Crippen LogP contribution is -2.21. The Morgan fingerprint density at radius 3 is 2.90 bits per heavy atom. The molecule has 0 fully saturated rings. The number of nitrogens with zero attached hydrogens (tertiary/aromatic N) is 1. The predicted molar refractivity (Wildman–Crippen MR) is 86.3 cm³/mol. The number of hydrogen-bond acceptors (Lipinski definition) is 3. The highest BCUT2D eigenvalue weighted by Gasteiger charge is 2.16. The van der Waals surface area contributed by atoms with Crippen molar-refractivity contribution in [1.82, 2.24) is 10.3 Å². The molecule has 2 nitrogen and oxygen atoms in total. The molecule has 0 saturated heterocycles. The molecule has 0 bridgehead atoms. The van der Waals surface area contributed by atoms with Crippen LogP contribution < -0.4 is 5.32 Å². The Hall–Kier alpha value is -1.71. The summed E-state index contributed by atoms with van der Waals surface area (Å²) in [5, 5.41) is 6.96. The zero-order valence-electron chi connectivity index (χ0n) is 11.8. The van der Waals surface area contributed by atoms with Gasteiger partial charge in [0.1, 0.15) is 0 Å². The highest BCUT2D eigenvalue weighted by atomic mass is 32.1. The van der Waals surface area contributed by atoms with Crippen molar-refractivity contribution >= 4 is 22.2 Å². The van der Waals surface area contributed by atoms with Crippen LogP contribution in [0.15, 0.2) is 48.0 Å². The summed E-state index contributed by atoms with van der Waals surface area (Å²) in [7, 11) is 0. The minimum atomic E-state index is 0.268. The van der Waals surface area contributed by atoms with E-state index in [0.717, 1.165) is 12.1 Å². The van der Waals surface area contributed by atoms with Crippen molar-refractivity contribution < 1.29 is 0 Å². The van der Waals surface area contributed by atoms with Gasteiger partial charge in [0.25, 0.3) is 0 Å². The van der Waals surface area contributed by atoms with Crippen molar-refractivity contribution in [3.8, 4) is 0 Å². The lowest BCUT2D eigenvalue weighted by Gasteiger charge is -2.18. The second-order valence-electron chi connectivity index (χ2n) is 4.91. The van der Waals surface area contributed by atoms with Gasteiger partial charge in [0, 0.05) is 16.5 Å². The largest absolute Gasteiger partial charge is 0.306 e. The van der Waals surface area contributed by atoms with Crippen LogP contribution in [0.2, 0.25) is 0 Å². The van der Waals surface area contributed by atoms with Crippen molar-refractivity contribution in [3.63, 3.8) is 0 Å². The quantitative estimate of drug-likeness (QED) is 0.771. The van der Waals surface area contributed by atoms with Crippen molar-refractivity contribution in [2.45, 2.75) is 19.9 Å². The zero-order valence-corrected chi connectivity index (χ0v) is 12.6. The van der Waals surface area contributed by atoms with Gasteiger partial charge < -0.3 is 5.32 Å².